The number of carbonyl (C=O) groups is 2. The molecule has 0 unspecified atom stereocenters. The number of tetrazole rings is 1. The van der Waals surface area contributed by atoms with E-state index in [9.17, 15) is 14.0 Å². The van der Waals surface area contributed by atoms with Gasteiger partial charge in [0, 0.05) is 24.2 Å². The third-order valence-electron chi connectivity index (χ3n) is 4.18. The Kier molecular flexibility index (Phi) is 7.68. The Bertz CT molecular complexity index is 1070. The highest BCUT2D eigenvalue weighted by molar-refractivity contribution is 8.00. The molecule has 162 valence electrons. The maximum atomic E-state index is 14.2. The molecular weight excluding hydrogens is 423 g/mol. The molecular formula is C20H21FN6O3S. The van der Waals surface area contributed by atoms with Crippen LogP contribution < -0.4 is 10.6 Å². The number of aryl methyl sites for hydroxylation is 1. The number of methoxy groups -OCH3 is 1. The minimum absolute atomic E-state index is 0.121. The minimum Gasteiger partial charge on any atom is -0.383 e. The van der Waals surface area contributed by atoms with Crippen molar-refractivity contribution >= 4 is 29.3 Å². The molecule has 1 aromatic heterocycles. The van der Waals surface area contributed by atoms with Gasteiger partial charge in [0.25, 0.3) is 5.91 Å². The lowest BCUT2D eigenvalue weighted by Gasteiger charge is -2.11. The van der Waals surface area contributed by atoms with Crippen LogP contribution in [0.2, 0.25) is 0 Å². The minimum atomic E-state index is -0.524. The normalized spacial score (nSPS) is 10.7. The second-order valence-corrected chi connectivity index (χ2v) is 7.40. The summed E-state index contributed by atoms with van der Waals surface area (Å²) < 4.78 is 20.4. The number of halogens is 1. The van der Waals surface area contributed by atoms with Gasteiger partial charge in [-0.05, 0) is 47.7 Å². The number of aromatic nitrogens is 4. The van der Waals surface area contributed by atoms with Crippen molar-refractivity contribution in [2.24, 2.45) is 0 Å². The van der Waals surface area contributed by atoms with Crippen LogP contribution in [0.4, 0.5) is 10.1 Å². The molecule has 0 spiro atoms. The van der Waals surface area contributed by atoms with Crippen LogP contribution in [0.15, 0.2) is 47.4 Å². The molecule has 2 N–H and O–H groups in total. The van der Waals surface area contributed by atoms with Crippen LogP contribution in [-0.4, -0.2) is 58.0 Å². The zero-order valence-electron chi connectivity index (χ0n) is 17.0. The van der Waals surface area contributed by atoms with E-state index in [1.54, 1.807) is 38.3 Å². The van der Waals surface area contributed by atoms with Gasteiger partial charge in [0.15, 0.2) is 5.82 Å². The average Bonchev–Trinajstić information content (AvgIpc) is 3.19. The lowest BCUT2D eigenvalue weighted by molar-refractivity contribution is -0.118. The molecule has 0 aliphatic heterocycles. The molecule has 31 heavy (non-hydrogen) atoms. The Hall–Kier alpha value is -3.31. The first-order valence-corrected chi connectivity index (χ1v) is 10.3. The maximum absolute atomic E-state index is 14.2. The van der Waals surface area contributed by atoms with Crippen molar-refractivity contribution < 1.29 is 18.7 Å². The van der Waals surface area contributed by atoms with Gasteiger partial charge in [-0.25, -0.2) is 4.39 Å². The summed E-state index contributed by atoms with van der Waals surface area (Å²) in [4.78, 5) is 25.4. The molecule has 2 aromatic carbocycles. The van der Waals surface area contributed by atoms with Gasteiger partial charge in [0.2, 0.25) is 5.91 Å². The molecule has 0 aliphatic carbocycles. The number of thioether (sulfide) groups is 1. The molecule has 0 saturated carbocycles. The number of ether oxygens (including phenoxy) is 1. The van der Waals surface area contributed by atoms with Gasteiger partial charge in [0.1, 0.15) is 11.5 Å². The summed E-state index contributed by atoms with van der Waals surface area (Å²) in [5, 5.41) is 16.5. The van der Waals surface area contributed by atoms with E-state index in [0.29, 0.717) is 35.1 Å². The summed E-state index contributed by atoms with van der Waals surface area (Å²) in [5.41, 5.74) is 0.908. The number of anilines is 1. The molecule has 0 radical (unpaired) electrons. The summed E-state index contributed by atoms with van der Waals surface area (Å²) in [6, 6.07) is 11.1. The monoisotopic (exact) mass is 444 g/mol. The van der Waals surface area contributed by atoms with E-state index in [1.807, 2.05) is 0 Å². The fourth-order valence-corrected chi connectivity index (χ4v) is 3.55. The van der Waals surface area contributed by atoms with E-state index in [2.05, 4.69) is 26.2 Å². The molecule has 0 atom stereocenters. The Morgan fingerprint density at radius 1 is 1.23 bits per heavy atom. The average molecular weight is 444 g/mol. The number of nitrogens with zero attached hydrogens (tertiary/aromatic N) is 4. The van der Waals surface area contributed by atoms with Gasteiger partial charge in [-0.15, -0.1) is 16.9 Å². The van der Waals surface area contributed by atoms with Crippen molar-refractivity contribution in [3.8, 4) is 5.69 Å². The van der Waals surface area contributed by atoms with Gasteiger partial charge in [-0.1, -0.05) is 12.1 Å². The van der Waals surface area contributed by atoms with Crippen molar-refractivity contribution in [2.75, 3.05) is 31.3 Å². The number of hydrogen-bond donors (Lipinski definition) is 2. The summed E-state index contributed by atoms with van der Waals surface area (Å²) in [5.74, 6) is -0.490. The molecule has 2 amide bonds. The molecule has 11 heteroatoms. The molecule has 0 saturated heterocycles. The molecule has 3 rings (SSSR count). The Balaban J connectivity index is 1.72. The first kappa shape index (κ1) is 22.4. The van der Waals surface area contributed by atoms with Crippen LogP contribution in [0.1, 0.15) is 16.2 Å². The van der Waals surface area contributed by atoms with Crippen molar-refractivity contribution in [1.29, 1.82) is 0 Å². The van der Waals surface area contributed by atoms with E-state index in [0.717, 1.165) is 0 Å². The van der Waals surface area contributed by atoms with Crippen LogP contribution in [0, 0.1) is 12.7 Å². The van der Waals surface area contributed by atoms with Crippen LogP contribution >= 0.6 is 11.8 Å². The SMILES string of the molecule is COCCNC(=O)CSc1ccccc1C(=O)Nc1ccc(F)c(-n2nnnc2C)c1. The summed E-state index contributed by atoms with van der Waals surface area (Å²) in [6.45, 7) is 2.49. The smallest absolute Gasteiger partial charge is 0.256 e. The predicted octanol–water partition coefficient (Wildman–Crippen LogP) is 2.22. The number of amides is 2. The Morgan fingerprint density at radius 3 is 2.77 bits per heavy atom. The number of nitrogens with one attached hydrogen (secondary N) is 2. The maximum Gasteiger partial charge on any atom is 0.256 e. The topological polar surface area (TPSA) is 111 Å². The van der Waals surface area contributed by atoms with Crippen molar-refractivity contribution in [2.45, 2.75) is 11.8 Å². The van der Waals surface area contributed by atoms with Gasteiger partial charge in [0.05, 0.1) is 17.9 Å². The molecule has 0 bridgehead atoms. The largest absolute Gasteiger partial charge is 0.383 e. The first-order valence-electron chi connectivity index (χ1n) is 9.33. The lowest BCUT2D eigenvalue weighted by atomic mass is 10.2. The van der Waals surface area contributed by atoms with Crippen molar-refractivity contribution in [3.63, 3.8) is 0 Å². The predicted molar refractivity (Wildman–Crippen MR) is 114 cm³/mol. The van der Waals surface area contributed by atoms with E-state index < -0.39 is 5.82 Å². The Morgan fingerprint density at radius 2 is 2.03 bits per heavy atom. The third kappa shape index (κ3) is 5.86. The van der Waals surface area contributed by atoms with Crippen LogP contribution in [0.25, 0.3) is 5.69 Å². The highest BCUT2D eigenvalue weighted by Gasteiger charge is 2.15. The van der Waals surface area contributed by atoms with E-state index in [-0.39, 0.29) is 23.3 Å². The second kappa shape index (κ2) is 10.6. The summed E-state index contributed by atoms with van der Waals surface area (Å²) in [7, 11) is 1.56. The fraction of sp³-hybridized carbons (Fsp3) is 0.250. The molecule has 0 fully saturated rings. The number of hydrogen-bond acceptors (Lipinski definition) is 7. The fourth-order valence-electron chi connectivity index (χ4n) is 2.67. The van der Waals surface area contributed by atoms with Gasteiger partial charge < -0.3 is 15.4 Å². The highest BCUT2D eigenvalue weighted by Crippen LogP contribution is 2.24. The quantitative estimate of drug-likeness (QED) is 0.385. The zero-order valence-corrected chi connectivity index (χ0v) is 17.8. The molecule has 3 aromatic rings. The second-order valence-electron chi connectivity index (χ2n) is 6.39. The Labute approximate surface area is 182 Å². The summed E-state index contributed by atoms with van der Waals surface area (Å²) >= 11 is 1.25. The van der Waals surface area contributed by atoms with Gasteiger partial charge >= 0.3 is 0 Å². The van der Waals surface area contributed by atoms with Crippen molar-refractivity contribution in [1.82, 2.24) is 25.5 Å². The first-order chi connectivity index (χ1) is 15.0. The zero-order chi connectivity index (χ0) is 22.2. The van der Waals surface area contributed by atoms with Crippen LogP contribution in [0.3, 0.4) is 0 Å². The molecule has 0 aliphatic rings. The number of rotatable bonds is 9. The van der Waals surface area contributed by atoms with Crippen molar-refractivity contribution in [3.05, 3.63) is 59.7 Å². The standard InChI is InChI=1S/C20H21FN6O3S/c1-13-24-25-26-27(13)17-11-14(7-8-16(17)21)23-20(29)15-5-3-4-6-18(15)31-12-19(28)22-9-10-30-2/h3-8,11H,9-10,12H2,1-2H3,(H,22,28)(H,23,29). The number of benzene rings is 2. The van der Waals surface area contributed by atoms with Gasteiger partial charge in [-0.3, -0.25) is 9.59 Å². The van der Waals surface area contributed by atoms with E-state index >= 15 is 0 Å². The third-order valence-corrected chi connectivity index (χ3v) is 5.25. The lowest BCUT2D eigenvalue weighted by Crippen LogP contribution is -2.28. The van der Waals surface area contributed by atoms with E-state index in [4.69, 9.17) is 4.74 Å². The number of carbonyl (C=O) groups excluding carboxylic acids is 2. The van der Waals surface area contributed by atoms with E-state index in [1.165, 1.54) is 34.6 Å². The van der Waals surface area contributed by atoms with Gasteiger partial charge in [-0.2, -0.15) is 4.68 Å². The van der Waals surface area contributed by atoms with Crippen LogP contribution in [-0.2, 0) is 9.53 Å². The molecule has 1 heterocycles. The molecule has 9 nitrogen and oxygen atoms in total. The highest BCUT2D eigenvalue weighted by atomic mass is 32.2. The summed E-state index contributed by atoms with van der Waals surface area (Å²) in [6.07, 6.45) is 0. The van der Waals surface area contributed by atoms with Crippen LogP contribution in [0.5, 0.6) is 0 Å².